The third kappa shape index (κ3) is 2.20. The van der Waals surface area contributed by atoms with Crippen LogP contribution in [0.3, 0.4) is 0 Å². The minimum atomic E-state index is -0.161. The zero-order chi connectivity index (χ0) is 14.3. The number of hydrogen-bond acceptors (Lipinski definition) is 1. The predicted molar refractivity (Wildman–Crippen MR) is 85.0 cm³/mol. The summed E-state index contributed by atoms with van der Waals surface area (Å²) in [5, 5.41) is 2.57. The molecular weight excluding hydrogens is 246 g/mol. The molecule has 1 heterocycles. The average Bonchev–Trinajstić information content (AvgIpc) is 2.71. The van der Waals surface area contributed by atoms with Gasteiger partial charge in [-0.1, -0.05) is 36.4 Å². The molecule has 2 heteroatoms. The molecule has 0 amide bonds. The van der Waals surface area contributed by atoms with Crippen LogP contribution >= 0.6 is 0 Å². The third-order valence-corrected chi connectivity index (χ3v) is 3.51. The van der Waals surface area contributed by atoms with E-state index >= 15 is 0 Å². The van der Waals surface area contributed by atoms with Crippen molar-refractivity contribution >= 4 is 21.8 Å². The number of rotatable bonds is 2. The second kappa shape index (κ2) is 4.64. The molecule has 0 aliphatic heterocycles. The van der Waals surface area contributed by atoms with Gasteiger partial charge in [0, 0.05) is 10.8 Å². The lowest BCUT2D eigenvalue weighted by Crippen LogP contribution is -2.24. The highest BCUT2D eigenvalue weighted by molar-refractivity contribution is 6.08. The van der Waals surface area contributed by atoms with Gasteiger partial charge in [-0.2, -0.15) is 0 Å². The van der Waals surface area contributed by atoms with Crippen LogP contribution in [0.25, 0.3) is 21.8 Å². The van der Waals surface area contributed by atoms with Crippen LogP contribution < -0.4 is 0 Å². The topological polar surface area (TPSA) is 14.2 Å². The number of aromatic nitrogens is 1. The summed E-state index contributed by atoms with van der Waals surface area (Å²) in [6.07, 6.45) is -0.000185. The Bertz CT molecular complexity index is 696. The Balaban J connectivity index is 2.26. The van der Waals surface area contributed by atoms with E-state index in [1.165, 1.54) is 21.8 Å². The van der Waals surface area contributed by atoms with E-state index in [1.54, 1.807) is 0 Å². The van der Waals surface area contributed by atoms with Crippen molar-refractivity contribution in [3.05, 3.63) is 48.5 Å². The van der Waals surface area contributed by atoms with Gasteiger partial charge in [-0.25, -0.2) is 0 Å². The van der Waals surface area contributed by atoms with Gasteiger partial charge < -0.3 is 9.30 Å². The maximum Gasteiger partial charge on any atom is 0.132 e. The fourth-order valence-electron chi connectivity index (χ4n) is 2.91. The first-order chi connectivity index (χ1) is 9.47. The lowest BCUT2D eigenvalue weighted by Gasteiger charge is -2.27. The van der Waals surface area contributed by atoms with Crippen LogP contribution in [0.2, 0.25) is 0 Å². The number of ether oxygens (including phenoxy) is 1. The highest BCUT2D eigenvalue weighted by Gasteiger charge is 2.20. The van der Waals surface area contributed by atoms with Gasteiger partial charge in [0.15, 0.2) is 0 Å². The van der Waals surface area contributed by atoms with Crippen molar-refractivity contribution in [2.75, 3.05) is 0 Å². The Morgan fingerprint density at radius 2 is 1.30 bits per heavy atom. The zero-order valence-electron chi connectivity index (χ0n) is 12.6. The quantitative estimate of drug-likeness (QED) is 0.628. The Labute approximate surface area is 120 Å². The second-order valence-corrected chi connectivity index (χ2v) is 6.23. The summed E-state index contributed by atoms with van der Waals surface area (Å²) in [4.78, 5) is 0. The molecule has 3 rings (SSSR count). The lowest BCUT2D eigenvalue weighted by molar-refractivity contribution is -0.0828. The predicted octanol–water partition coefficient (Wildman–Crippen LogP) is 5.13. The van der Waals surface area contributed by atoms with Crippen molar-refractivity contribution in [1.29, 1.82) is 0 Å². The molecule has 1 aromatic heterocycles. The van der Waals surface area contributed by atoms with Crippen molar-refractivity contribution in [2.45, 2.75) is 39.5 Å². The normalized spacial score (nSPS) is 14.0. The molecular formula is C18H21NO. The molecule has 0 saturated heterocycles. The Morgan fingerprint density at radius 1 is 0.850 bits per heavy atom. The van der Waals surface area contributed by atoms with E-state index < -0.39 is 0 Å². The standard InChI is InChI=1S/C18H21NO/c1-13(20-18(2,3)4)19-16-11-7-5-9-14(16)15-10-6-8-12-17(15)19/h5-13H,1-4H3/t13-/m1/s1. The number of fused-ring (bicyclic) bond motifs is 3. The van der Waals surface area contributed by atoms with Crippen LogP contribution in [0.5, 0.6) is 0 Å². The van der Waals surface area contributed by atoms with Crippen molar-refractivity contribution in [2.24, 2.45) is 0 Å². The first-order valence-corrected chi connectivity index (χ1v) is 7.13. The number of para-hydroxylation sites is 2. The van der Waals surface area contributed by atoms with E-state index in [-0.39, 0.29) is 11.8 Å². The molecule has 0 spiro atoms. The van der Waals surface area contributed by atoms with E-state index in [0.717, 1.165) is 0 Å². The van der Waals surface area contributed by atoms with E-state index in [1.807, 2.05) is 0 Å². The van der Waals surface area contributed by atoms with E-state index in [9.17, 15) is 0 Å². The molecule has 0 radical (unpaired) electrons. The lowest BCUT2D eigenvalue weighted by atomic mass is 10.2. The molecule has 2 aromatic carbocycles. The van der Waals surface area contributed by atoms with Crippen molar-refractivity contribution in [1.82, 2.24) is 4.57 Å². The van der Waals surface area contributed by atoms with Crippen LogP contribution in [0.4, 0.5) is 0 Å². The summed E-state index contributed by atoms with van der Waals surface area (Å²) in [5.41, 5.74) is 2.29. The molecule has 0 N–H and O–H groups in total. The van der Waals surface area contributed by atoms with Crippen molar-refractivity contribution in [3.8, 4) is 0 Å². The molecule has 0 bridgehead atoms. The zero-order valence-corrected chi connectivity index (χ0v) is 12.6. The summed E-state index contributed by atoms with van der Waals surface area (Å²) in [6.45, 7) is 8.40. The minimum absolute atomic E-state index is 0.000185. The van der Waals surface area contributed by atoms with Gasteiger partial charge in [0.1, 0.15) is 6.23 Å². The maximum atomic E-state index is 6.16. The average molecular weight is 267 g/mol. The largest absolute Gasteiger partial charge is 0.353 e. The van der Waals surface area contributed by atoms with Gasteiger partial charge in [-0.3, -0.25) is 0 Å². The van der Waals surface area contributed by atoms with Crippen molar-refractivity contribution < 1.29 is 4.74 Å². The van der Waals surface area contributed by atoms with Crippen molar-refractivity contribution in [3.63, 3.8) is 0 Å². The number of nitrogens with zero attached hydrogens (tertiary/aromatic N) is 1. The molecule has 1 atom stereocenters. The highest BCUT2D eigenvalue weighted by atomic mass is 16.5. The van der Waals surface area contributed by atoms with Crippen LogP contribution in [0, 0.1) is 0 Å². The summed E-state index contributed by atoms with van der Waals surface area (Å²) < 4.78 is 8.45. The van der Waals surface area contributed by atoms with Gasteiger partial charge in [-0.15, -0.1) is 0 Å². The first-order valence-electron chi connectivity index (χ1n) is 7.13. The Hall–Kier alpha value is -1.80. The summed E-state index contributed by atoms with van der Waals surface area (Å²) in [7, 11) is 0. The van der Waals surface area contributed by atoms with Gasteiger partial charge >= 0.3 is 0 Å². The molecule has 0 saturated carbocycles. The smallest absolute Gasteiger partial charge is 0.132 e. The fourth-order valence-corrected chi connectivity index (χ4v) is 2.91. The van der Waals surface area contributed by atoms with Gasteiger partial charge in [0.25, 0.3) is 0 Å². The summed E-state index contributed by atoms with van der Waals surface area (Å²) in [6, 6.07) is 17.0. The van der Waals surface area contributed by atoms with E-state index in [0.29, 0.717) is 0 Å². The van der Waals surface area contributed by atoms with Crippen LogP contribution in [0.1, 0.15) is 33.9 Å². The van der Waals surface area contributed by atoms with Crippen LogP contribution in [-0.2, 0) is 4.74 Å². The fraction of sp³-hybridized carbons (Fsp3) is 0.333. The molecule has 104 valence electrons. The third-order valence-electron chi connectivity index (χ3n) is 3.51. The highest BCUT2D eigenvalue weighted by Crippen LogP contribution is 2.33. The van der Waals surface area contributed by atoms with Crippen LogP contribution in [0.15, 0.2) is 48.5 Å². The minimum Gasteiger partial charge on any atom is -0.353 e. The molecule has 3 aromatic rings. The van der Waals surface area contributed by atoms with Gasteiger partial charge in [0.05, 0.1) is 16.6 Å². The second-order valence-electron chi connectivity index (χ2n) is 6.23. The van der Waals surface area contributed by atoms with E-state index in [2.05, 4.69) is 80.8 Å². The van der Waals surface area contributed by atoms with Gasteiger partial charge in [-0.05, 0) is 39.8 Å². The van der Waals surface area contributed by atoms with E-state index in [4.69, 9.17) is 4.74 Å². The molecule has 0 unspecified atom stereocenters. The van der Waals surface area contributed by atoms with Gasteiger partial charge in [0.2, 0.25) is 0 Å². The maximum absolute atomic E-state index is 6.16. The Morgan fingerprint density at radius 3 is 1.75 bits per heavy atom. The monoisotopic (exact) mass is 267 g/mol. The molecule has 2 nitrogen and oxygen atoms in total. The molecule has 0 aliphatic carbocycles. The number of benzene rings is 2. The summed E-state index contributed by atoms with van der Waals surface area (Å²) in [5.74, 6) is 0. The summed E-state index contributed by atoms with van der Waals surface area (Å²) >= 11 is 0. The number of hydrogen-bond donors (Lipinski definition) is 0. The SMILES string of the molecule is C[C@@H](OC(C)(C)C)n1c2ccccc2c2ccccc21. The molecule has 0 aliphatic rings. The van der Waals surface area contributed by atoms with Crippen LogP contribution in [-0.4, -0.2) is 10.2 Å². The molecule has 20 heavy (non-hydrogen) atoms. The molecule has 0 fully saturated rings. The first kappa shape index (κ1) is 13.2. The Kier molecular flexibility index (Phi) is 3.06.